The van der Waals surface area contributed by atoms with Crippen molar-refractivity contribution in [2.24, 2.45) is 0 Å². The molecule has 4 heterocycles. The number of aromatic nitrogens is 5. The van der Waals surface area contributed by atoms with Crippen molar-refractivity contribution in [3.8, 4) is 11.4 Å². The van der Waals surface area contributed by atoms with Crippen LogP contribution in [0.3, 0.4) is 0 Å². The first-order valence-corrected chi connectivity index (χ1v) is 8.21. The average molecular weight is 342 g/mol. The summed E-state index contributed by atoms with van der Waals surface area (Å²) in [6.45, 7) is 0.512. The molecule has 1 aromatic carbocycles. The van der Waals surface area contributed by atoms with Crippen LogP contribution in [0.5, 0.6) is 0 Å². The molecule has 0 aliphatic carbocycles. The summed E-state index contributed by atoms with van der Waals surface area (Å²) in [6.07, 6.45) is 5.11. The summed E-state index contributed by atoms with van der Waals surface area (Å²) in [6, 6.07) is 15.4. The lowest BCUT2D eigenvalue weighted by Gasteiger charge is -2.07. The van der Waals surface area contributed by atoms with Crippen LogP contribution in [0, 0.1) is 0 Å². The van der Waals surface area contributed by atoms with Crippen molar-refractivity contribution in [2.45, 2.75) is 6.54 Å². The number of pyridine rings is 1. The van der Waals surface area contributed by atoms with Crippen molar-refractivity contribution >= 4 is 22.5 Å². The topological polar surface area (TPSA) is 81.1 Å². The highest BCUT2D eigenvalue weighted by molar-refractivity contribution is 5.92. The van der Waals surface area contributed by atoms with Crippen molar-refractivity contribution in [1.82, 2.24) is 24.6 Å². The van der Waals surface area contributed by atoms with Gasteiger partial charge >= 0.3 is 0 Å². The maximum absolute atomic E-state index is 5.39. The van der Waals surface area contributed by atoms with Gasteiger partial charge in [-0.3, -0.25) is 4.98 Å². The molecule has 4 aromatic heterocycles. The van der Waals surface area contributed by atoms with Gasteiger partial charge in [0.05, 0.1) is 18.3 Å². The first kappa shape index (κ1) is 14.6. The molecule has 0 aliphatic heterocycles. The number of anilines is 1. The monoisotopic (exact) mass is 342 g/mol. The maximum Gasteiger partial charge on any atom is 0.226 e. The summed E-state index contributed by atoms with van der Waals surface area (Å²) >= 11 is 0. The number of benzene rings is 1. The van der Waals surface area contributed by atoms with Gasteiger partial charge < -0.3 is 9.73 Å². The highest BCUT2D eigenvalue weighted by Gasteiger charge is 2.14. The van der Waals surface area contributed by atoms with Gasteiger partial charge in [-0.25, -0.2) is 9.97 Å². The lowest BCUT2D eigenvalue weighted by atomic mass is 10.2. The maximum atomic E-state index is 5.39. The Morgan fingerprint density at radius 1 is 0.962 bits per heavy atom. The van der Waals surface area contributed by atoms with Gasteiger partial charge in [0.2, 0.25) is 5.95 Å². The molecule has 0 amide bonds. The van der Waals surface area contributed by atoms with Crippen LogP contribution in [0.2, 0.25) is 0 Å². The minimum Gasteiger partial charge on any atom is -0.467 e. The molecule has 7 nitrogen and oxygen atoms in total. The van der Waals surface area contributed by atoms with Crippen molar-refractivity contribution in [1.29, 1.82) is 0 Å². The Kier molecular flexibility index (Phi) is 3.35. The summed E-state index contributed by atoms with van der Waals surface area (Å²) in [5, 5.41) is 8.89. The van der Waals surface area contributed by atoms with Gasteiger partial charge in [0.25, 0.3) is 0 Å². The zero-order valence-corrected chi connectivity index (χ0v) is 13.7. The molecular formula is C19H14N6O. The number of hydrogen-bond donors (Lipinski definition) is 1. The minimum atomic E-state index is 0.512. The van der Waals surface area contributed by atoms with E-state index in [0.29, 0.717) is 18.3 Å². The molecule has 0 atom stereocenters. The third kappa shape index (κ3) is 2.46. The van der Waals surface area contributed by atoms with E-state index < -0.39 is 0 Å². The highest BCUT2D eigenvalue weighted by atomic mass is 16.3. The molecule has 5 aromatic rings. The fraction of sp³-hybridized carbons (Fsp3) is 0.0526. The Morgan fingerprint density at radius 2 is 1.85 bits per heavy atom. The second kappa shape index (κ2) is 5.96. The summed E-state index contributed by atoms with van der Waals surface area (Å²) in [5.41, 5.74) is 2.52. The molecule has 0 saturated heterocycles. The van der Waals surface area contributed by atoms with E-state index in [1.54, 1.807) is 23.2 Å². The van der Waals surface area contributed by atoms with Gasteiger partial charge in [-0.1, -0.05) is 12.1 Å². The number of rotatable bonds is 4. The van der Waals surface area contributed by atoms with E-state index in [1.807, 2.05) is 48.5 Å². The molecule has 5 rings (SSSR count). The number of furan rings is 1. The molecular weight excluding hydrogens is 328 g/mol. The van der Waals surface area contributed by atoms with Crippen LogP contribution in [-0.2, 0) is 6.54 Å². The van der Waals surface area contributed by atoms with Gasteiger partial charge in [-0.15, -0.1) is 5.10 Å². The standard InChI is InChI=1S/C19H14N6O/c1-2-6-16-15(5-1)18-23-17(13-7-9-20-10-8-13)24-25(18)19(22-16)21-12-14-4-3-11-26-14/h1-11H,12H2,(H,21,22). The Morgan fingerprint density at radius 3 is 2.69 bits per heavy atom. The number of para-hydroxylation sites is 1. The van der Waals surface area contributed by atoms with E-state index in [-0.39, 0.29) is 0 Å². The fourth-order valence-electron chi connectivity index (χ4n) is 2.87. The molecule has 0 aliphatic rings. The molecule has 0 unspecified atom stereocenters. The third-order valence-electron chi connectivity index (χ3n) is 4.12. The van der Waals surface area contributed by atoms with E-state index in [4.69, 9.17) is 14.4 Å². The quantitative estimate of drug-likeness (QED) is 0.538. The van der Waals surface area contributed by atoms with Crippen molar-refractivity contribution < 1.29 is 4.42 Å². The lowest BCUT2D eigenvalue weighted by Crippen LogP contribution is -2.07. The summed E-state index contributed by atoms with van der Waals surface area (Å²) in [5.74, 6) is 2.07. The summed E-state index contributed by atoms with van der Waals surface area (Å²) < 4.78 is 7.12. The van der Waals surface area contributed by atoms with E-state index in [1.165, 1.54) is 0 Å². The Balaban J connectivity index is 1.68. The predicted octanol–water partition coefficient (Wildman–Crippen LogP) is 3.54. The van der Waals surface area contributed by atoms with Gasteiger partial charge in [-0.2, -0.15) is 4.52 Å². The van der Waals surface area contributed by atoms with Crippen LogP contribution in [0.4, 0.5) is 5.95 Å². The van der Waals surface area contributed by atoms with E-state index >= 15 is 0 Å². The molecule has 126 valence electrons. The smallest absolute Gasteiger partial charge is 0.226 e. The molecule has 0 saturated carbocycles. The third-order valence-corrected chi connectivity index (χ3v) is 4.12. The highest BCUT2D eigenvalue weighted by Crippen LogP contribution is 2.24. The van der Waals surface area contributed by atoms with E-state index in [0.717, 1.165) is 27.9 Å². The molecule has 7 heteroatoms. The largest absolute Gasteiger partial charge is 0.467 e. The van der Waals surface area contributed by atoms with Gasteiger partial charge in [-0.05, 0) is 36.4 Å². The van der Waals surface area contributed by atoms with Gasteiger partial charge in [0.1, 0.15) is 5.76 Å². The van der Waals surface area contributed by atoms with Crippen LogP contribution >= 0.6 is 0 Å². The number of fused-ring (bicyclic) bond motifs is 3. The first-order valence-electron chi connectivity index (χ1n) is 8.21. The summed E-state index contributed by atoms with van der Waals surface area (Å²) in [7, 11) is 0. The SMILES string of the molecule is c1coc(CNc2nc3ccccc3c3nc(-c4ccncc4)nn23)c1. The van der Waals surface area contributed by atoms with Crippen LogP contribution in [0.15, 0.2) is 71.6 Å². The number of nitrogens with zero attached hydrogens (tertiary/aromatic N) is 5. The van der Waals surface area contributed by atoms with E-state index in [2.05, 4.69) is 15.4 Å². The predicted molar refractivity (Wildman–Crippen MR) is 97.6 cm³/mol. The normalized spacial score (nSPS) is 11.2. The fourth-order valence-corrected chi connectivity index (χ4v) is 2.87. The second-order valence-corrected chi connectivity index (χ2v) is 5.79. The minimum absolute atomic E-state index is 0.512. The number of hydrogen-bond acceptors (Lipinski definition) is 6. The van der Waals surface area contributed by atoms with Crippen LogP contribution in [0.1, 0.15) is 5.76 Å². The van der Waals surface area contributed by atoms with Crippen LogP contribution in [0.25, 0.3) is 27.9 Å². The van der Waals surface area contributed by atoms with Gasteiger partial charge in [0, 0.05) is 23.3 Å². The molecule has 0 spiro atoms. The number of nitrogens with one attached hydrogen (secondary N) is 1. The second-order valence-electron chi connectivity index (χ2n) is 5.79. The molecule has 1 N–H and O–H groups in total. The zero-order chi connectivity index (χ0) is 17.3. The van der Waals surface area contributed by atoms with Crippen LogP contribution in [-0.4, -0.2) is 24.6 Å². The zero-order valence-electron chi connectivity index (χ0n) is 13.7. The molecule has 0 fully saturated rings. The van der Waals surface area contributed by atoms with Crippen molar-refractivity contribution in [3.05, 3.63) is 72.9 Å². The Bertz CT molecular complexity index is 1180. The Hall–Kier alpha value is -3.74. The lowest BCUT2D eigenvalue weighted by molar-refractivity contribution is 0.517. The van der Waals surface area contributed by atoms with E-state index in [9.17, 15) is 0 Å². The first-order chi connectivity index (χ1) is 12.9. The average Bonchev–Trinajstić information content (AvgIpc) is 3.37. The molecule has 26 heavy (non-hydrogen) atoms. The van der Waals surface area contributed by atoms with Crippen molar-refractivity contribution in [2.75, 3.05) is 5.32 Å². The van der Waals surface area contributed by atoms with Crippen molar-refractivity contribution in [3.63, 3.8) is 0 Å². The summed E-state index contributed by atoms with van der Waals surface area (Å²) in [4.78, 5) is 13.5. The van der Waals surface area contributed by atoms with Crippen LogP contribution < -0.4 is 5.32 Å². The van der Waals surface area contributed by atoms with Gasteiger partial charge in [0.15, 0.2) is 11.5 Å². The molecule has 0 radical (unpaired) electrons. The Labute approximate surface area is 148 Å². The molecule has 0 bridgehead atoms.